The summed E-state index contributed by atoms with van der Waals surface area (Å²) < 4.78 is 12.1. The summed E-state index contributed by atoms with van der Waals surface area (Å²) in [5.41, 5.74) is 1.16. The maximum Gasteiger partial charge on any atom is 0.233 e. The zero-order valence-corrected chi connectivity index (χ0v) is 18.5. The monoisotopic (exact) mass is 454 g/mol. The van der Waals surface area contributed by atoms with Gasteiger partial charge in [0.25, 0.3) is 0 Å². The van der Waals surface area contributed by atoms with Gasteiger partial charge in [-0.3, -0.25) is 9.69 Å². The zero-order chi connectivity index (χ0) is 19.8. The first-order chi connectivity index (χ1) is 13.6. The van der Waals surface area contributed by atoms with E-state index in [9.17, 15) is 4.79 Å². The molecule has 5 nitrogen and oxygen atoms in total. The lowest BCUT2D eigenvalue weighted by molar-refractivity contribution is -0.121. The van der Waals surface area contributed by atoms with E-state index in [1.165, 1.54) is 11.3 Å². The molecule has 1 N–H and O–H groups in total. The first-order valence-corrected chi connectivity index (χ1v) is 10.2. The summed E-state index contributed by atoms with van der Waals surface area (Å²) in [5.74, 6) is 1.65. The van der Waals surface area contributed by atoms with Gasteiger partial charge in [-0.15, -0.1) is 23.7 Å². The molecule has 0 bridgehead atoms. The van der Waals surface area contributed by atoms with E-state index in [0.29, 0.717) is 19.7 Å². The summed E-state index contributed by atoms with van der Waals surface area (Å²) in [5, 5.41) is 2.68. The van der Waals surface area contributed by atoms with E-state index >= 15 is 0 Å². The topological polar surface area (TPSA) is 54.7 Å². The molecule has 0 atom stereocenters. The Morgan fingerprint density at radius 3 is 2.79 bits per heavy atom. The van der Waals surface area contributed by atoms with Crippen LogP contribution < -0.4 is 10.1 Å². The molecule has 0 radical (unpaired) electrons. The van der Waals surface area contributed by atoms with Crippen molar-refractivity contribution < 1.29 is 13.9 Å². The number of hydrogen-bond acceptors (Lipinski definition) is 5. The number of rotatable bonds is 10. The SMILES string of the molecule is CNC(=O)CN(CCc1cccc(OCc2ccc(Cl)s2)c1)Cc1ccco1.Cl. The Balaban J connectivity index is 0.00000300. The van der Waals surface area contributed by atoms with Gasteiger partial charge in [0, 0.05) is 18.5 Å². The summed E-state index contributed by atoms with van der Waals surface area (Å²) in [6, 6.07) is 15.7. The minimum atomic E-state index is -0.0155. The summed E-state index contributed by atoms with van der Waals surface area (Å²) in [7, 11) is 1.65. The Hall–Kier alpha value is -1.99. The second-order valence-corrected chi connectivity index (χ2v) is 8.15. The molecule has 1 aromatic carbocycles. The standard InChI is InChI=1S/C21H23ClN2O3S.ClH/c1-23-21(25)14-24(13-18-6-3-11-26-18)10-9-16-4-2-5-17(12-16)27-15-19-7-8-20(22)28-19;/h2-8,11-12H,9-10,13-15H2,1H3,(H,23,25);1H. The number of nitrogens with one attached hydrogen (secondary N) is 1. The summed E-state index contributed by atoms with van der Waals surface area (Å²) in [4.78, 5) is 15.0. The van der Waals surface area contributed by atoms with Gasteiger partial charge in [0.05, 0.1) is 23.7 Å². The Bertz CT molecular complexity index is 884. The van der Waals surface area contributed by atoms with Crippen molar-refractivity contribution in [3.05, 3.63) is 75.3 Å². The van der Waals surface area contributed by atoms with E-state index in [2.05, 4.69) is 16.3 Å². The quantitative estimate of drug-likeness (QED) is 0.478. The highest BCUT2D eigenvalue weighted by Gasteiger charge is 2.12. The van der Waals surface area contributed by atoms with Crippen LogP contribution in [0.5, 0.6) is 5.75 Å². The first kappa shape index (κ1) is 23.3. The summed E-state index contributed by atoms with van der Waals surface area (Å²) in [6.45, 7) is 2.16. The third kappa shape index (κ3) is 7.74. The average molecular weight is 455 g/mol. The van der Waals surface area contributed by atoms with Gasteiger partial charge in [0.2, 0.25) is 5.91 Å². The molecule has 0 saturated heterocycles. The fourth-order valence-electron chi connectivity index (χ4n) is 2.78. The molecule has 0 unspecified atom stereocenters. The molecule has 0 spiro atoms. The van der Waals surface area contributed by atoms with Crippen molar-refractivity contribution >= 4 is 41.3 Å². The van der Waals surface area contributed by atoms with Gasteiger partial charge in [-0.2, -0.15) is 0 Å². The number of halogens is 2. The summed E-state index contributed by atoms with van der Waals surface area (Å²) >= 11 is 7.48. The zero-order valence-electron chi connectivity index (χ0n) is 16.1. The molecule has 2 aromatic heterocycles. The van der Waals surface area contributed by atoms with Crippen molar-refractivity contribution in [3.63, 3.8) is 0 Å². The van der Waals surface area contributed by atoms with E-state index in [0.717, 1.165) is 39.3 Å². The maximum atomic E-state index is 11.8. The van der Waals surface area contributed by atoms with Crippen LogP contribution in [0.4, 0.5) is 0 Å². The third-order valence-corrected chi connectivity index (χ3v) is 5.44. The number of nitrogens with zero attached hydrogens (tertiary/aromatic N) is 1. The van der Waals surface area contributed by atoms with Gasteiger partial charge in [-0.25, -0.2) is 0 Å². The molecular weight excluding hydrogens is 431 g/mol. The highest BCUT2D eigenvalue weighted by atomic mass is 35.5. The van der Waals surface area contributed by atoms with E-state index in [-0.39, 0.29) is 18.3 Å². The molecule has 2 heterocycles. The first-order valence-electron chi connectivity index (χ1n) is 9.03. The van der Waals surface area contributed by atoms with E-state index in [4.69, 9.17) is 20.8 Å². The lowest BCUT2D eigenvalue weighted by Gasteiger charge is -2.20. The predicted octanol–water partition coefficient (Wildman–Crippen LogP) is 4.79. The van der Waals surface area contributed by atoms with Crippen molar-refractivity contribution in [1.29, 1.82) is 0 Å². The maximum absolute atomic E-state index is 11.8. The number of thiophene rings is 1. The van der Waals surface area contributed by atoms with E-state index < -0.39 is 0 Å². The van der Waals surface area contributed by atoms with Crippen LogP contribution in [0.15, 0.2) is 59.2 Å². The highest BCUT2D eigenvalue weighted by molar-refractivity contribution is 7.16. The van der Waals surface area contributed by atoms with Crippen LogP contribution in [0.2, 0.25) is 4.34 Å². The van der Waals surface area contributed by atoms with Gasteiger partial charge < -0.3 is 14.5 Å². The molecule has 156 valence electrons. The molecule has 3 rings (SSSR count). The number of benzene rings is 1. The van der Waals surface area contributed by atoms with Crippen LogP contribution >= 0.6 is 35.3 Å². The van der Waals surface area contributed by atoms with Crippen LogP contribution in [-0.4, -0.2) is 30.9 Å². The van der Waals surface area contributed by atoms with Gasteiger partial charge in [0.1, 0.15) is 18.1 Å². The number of furan rings is 1. The second kappa shape index (κ2) is 11.9. The normalized spacial score (nSPS) is 10.6. The molecule has 0 saturated carbocycles. The molecule has 8 heteroatoms. The highest BCUT2D eigenvalue weighted by Crippen LogP contribution is 2.23. The average Bonchev–Trinajstić information content (AvgIpc) is 3.36. The molecule has 1 amide bonds. The van der Waals surface area contributed by atoms with Crippen LogP contribution in [0.25, 0.3) is 0 Å². The molecule has 3 aromatic rings. The Morgan fingerprint density at radius 2 is 2.10 bits per heavy atom. The fourth-order valence-corrected chi connectivity index (χ4v) is 3.78. The van der Waals surface area contributed by atoms with Crippen molar-refractivity contribution in [1.82, 2.24) is 10.2 Å². The van der Waals surface area contributed by atoms with Crippen LogP contribution in [-0.2, 0) is 24.4 Å². The smallest absolute Gasteiger partial charge is 0.233 e. The van der Waals surface area contributed by atoms with E-state index in [1.54, 1.807) is 13.3 Å². The van der Waals surface area contributed by atoms with Crippen LogP contribution in [0.3, 0.4) is 0 Å². The van der Waals surface area contributed by atoms with Gasteiger partial charge >= 0.3 is 0 Å². The lowest BCUT2D eigenvalue weighted by atomic mass is 10.1. The summed E-state index contributed by atoms with van der Waals surface area (Å²) in [6.07, 6.45) is 2.45. The minimum Gasteiger partial charge on any atom is -0.488 e. The minimum absolute atomic E-state index is 0. The van der Waals surface area contributed by atoms with Gasteiger partial charge in [-0.05, 0) is 48.4 Å². The number of likely N-dealkylation sites (N-methyl/N-ethyl adjacent to an activating group) is 1. The van der Waals surface area contributed by atoms with E-state index in [1.807, 2.05) is 42.5 Å². The Morgan fingerprint density at radius 1 is 1.24 bits per heavy atom. The second-order valence-electron chi connectivity index (χ2n) is 6.36. The molecule has 0 aliphatic heterocycles. The van der Waals surface area contributed by atoms with Gasteiger partial charge in [-0.1, -0.05) is 23.7 Å². The Kier molecular flexibility index (Phi) is 9.54. The molecule has 29 heavy (non-hydrogen) atoms. The van der Waals surface area contributed by atoms with Crippen LogP contribution in [0.1, 0.15) is 16.2 Å². The van der Waals surface area contributed by atoms with Crippen molar-refractivity contribution in [3.8, 4) is 5.75 Å². The van der Waals surface area contributed by atoms with Crippen LogP contribution in [0, 0.1) is 0 Å². The largest absolute Gasteiger partial charge is 0.488 e. The van der Waals surface area contributed by atoms with Gasteiger partial charge in [0.15, 0.2) is 0 Å². The molecule has 0 fully saturated rings. The number of amides is 1. The molecule has 0 aliphatic rings. The van der Waals surface area contributed by atoms with Crippen molar-refractivity contribution in [2.75, 3.05) is 20.1 Å². The van der Waals surface area contributed by atoms with Crippen molar-refractivity contribution in [2.24, 2.45) is 0 Å². The predicted molar refractivity (Wildman–Crippen MR) is 119 cm³/mol. The molecular formula is C21H24Cl2N2O3S. The molecule has 0 aliphatic carbocycles. The number of hydrogen-bond donors (Lipinski definition) is 1. The third-order valence-electron chi connectivity index (χ3n) is 4.23. The number of carbonyl (C=O) groups is 1. The number of ether oxygens (including phenoxy) is 1. The lowest BCUT2D eigenvalue weighted by Crippen LogP contribution is -2.36. The van der Waals surface area contributed by atoms with Crippen molar-refractivity contribution in [2.45, 2.75) is 19.6 Å². The number of carbonyl (C=O) groups excluding carboxylic acids is 1. The fraction of sp³-hybridized carbons (Fsp3) is 0.286. The Labute approximate surface area is 186 Å².